The molecule has 0 unspecified atom stereocenters. The van der Waals surface area contributed by atoms with Gasteiger partial charge in [0.05, 0.1) is 25.5 Å². The van der Waals surface area contributed by atoms with Crippen LogP contribution >= 0.6 is 11.6 Å². The van der Waals surface area contributed by atoms with Crippen molar-refractivity contribution in [3.05, 3.63) is 70.0 Å². The minimum atomic E-state index is -0.723. The molecule has 0 radical (unpaired) electrons. The fourth-order valence-corrected chi connectivity index (χ4v) is 3.69. The summed E-state index contributed by atoms with van der Waals surface area (Å²) in [6, 6.07) is 9.27. The first-order valence-corrected chi connectivity index (χ1v) is 9.31. The Hall–Kier alpha value is -2.77. The zero-order valence-electron chi connectivity index (χ0n) is 15.9. The van der Waals surface area contributed by atoms with Crippen molar-refractivity contribution in [2.24, 2.45) is 0 Å². The van der Waals surface area contributed by atoms with Gasteiger partial charge in [0, 0.05) is 36.8 Å². The minimum Gasteiger partial charge on any atom is -0.497 e. The maximum Gasteiger partial charge on any atom is 0.167 e. The van der Waals surface area contributed by atoms with Gasteiger partial charge in [-0.15, -0.1) is 0 Å². The molecule has 8 heteroatoms. The van der Waals surface area contributed by atoms with E-state index in [0.29, 0.717) is 36.8 Å². The molecule has 5 nitrogen and oxygen atoms in total. The Morgan fingerprint density at radius 3 is 2.48 bits per heavy atom. The first kappa shape index (κ1) is 19.5. The molecule has 1 aliphatic heterocycles. The van der Waals surface area contributed by atoms with Crippen molar-refractivity contribution in [1.29, 1.82) is 0 Å². The first-order chi connectivity index (χ1) is 14.0. The second kappa shape index (κ2) is 7.93. The van der Waals surface area contributed by atoms with Crippen LogP contribution in [0.4, 0.5) is 8.78 Å². The van der Waals surface area contributed by atoms with E-state index in [4.69, 9.17) is 21.1 Å². The maximum absolute atomic E-state index is 14.1. The first-order valence-electron chi connectivity index (χ1n) is 8.93. The average Bonchev–Trinajstić information content (AvgIpc) is 3.11. The number of fused-ring (bicyclic) bond motifs is 1. The second-order valence-electron chi connectivity index (χ2n) is 6.68. The Bertz CT molecular complexity index is 1060. The third-order valence-electron chi connectivity index (χ3n) is 4.87. The highest BCUT2D eigenvalue weighted by molar-refractivity contribution is 6.30. The largest absolute Gasteiger partial charge is 0.497 e. The van der Waals surface area contributed by atoms with Crippen LogP contribution in [0.15, 0.2) is 36.4 Å². The van der Waals surface area contributed by atoms with E-state index in [0.717, 1.165) is 11.1 Å². The van der Waals surface area contributed by atoms with Crippen LogP contribution in [-0.4, -0.2) is 29.1 Å². The van der Waals surface area contributed by atoms with Gasteiger partial charge in [-0.05, 0) is 18.2 Å². The molecular weight excluding hydrogens is 400 g/mol. The predicted octanol–water partition coefficient (Wildman–Crippen LogP) is 4.61. The van der Waals surface area contributed by atoms with Gasteiger partial charge < -0.3 is 9.47 Å². The number of halogens is 3. The Balaban J connectivity index is 1.61. The fourth-order valence-electron chi connectivity index (χ4n) is 3.44. The highest BCUT2D eigenvalue weighted by Crippen LogP contribution is 2.33. The summed E-state index contributed by atoms with van der Waals surface area (Å²) < 4.78 is 39.0. The lowest BCUT2D eigenvalue weighted by molar-refractivity contribution is 0.268. The van der Waals surface area contributed by atoms with E-state index < -0.39 is 11.6 Å². The summed E-state index contributed by atoms with van der Waals surface area (Å²) in [5.41, 5.74) is 2.13. The van der Waals surface area contributed by atoms with Crippen molar-refractivity contribution >= 4 is 11.6 Å². The molecule has 0 aliphatic carbocycles. The summed E-state index contributed by atoms with van der Waals surface area (Å²) in [6.45, 7) is 1.60. The fraction of sp³-hybridized carbons (Fsp3) is 0.238. The van der Waals surface area contributed by atoms with Crippen LogP contribution in [0.3, 0.4) is 0 Å². The van der Waals surface area contributed by atoms with E-state index in [1.165, 1.54) is 18.2 Å². The van der Waals surface area contributed by atoms with E-state index >= 15 is 0 Å². The number of ether oxygens (including phenoxy) is 2. The number of aromatic nitrogens is 2. The van der Waals surface area contributed by atoms with Gasteiger partial charge in [-0.2, -0.15) is 0 Å². The lowest BCUT2D eigenvalue weighted by atomic mass is 10.1. The number of hydrogen-bond donors (Lipinski definition) is 0. The Morgan fingerprint density at radius 2 is 1.79 bits per heavy atom. The Morgan fingerprint density at radius 1 is 1.03 bits per heavy atom. The molecule has 0 amide bonds. The monoisotopic (exact) mass is 417 g/mol. The number of nitrogens with zero attached hydrogens (tertiary/aromatic N) is 3. The molecule has 0 spiro atoms. The van der Waals surface area contributed by atoms with Gasteiger partial charge in [0.25, 0.3) is 0 Å². The summed E-state index contributed by atoms with van der Waals surface area (Å²) in [4.78, 5) is 10.6. The molecule has 1 aromatic heterocycles. The molecule has 0 fully saturated rings. The van der Waals surface area contributed by atoms with Gasteiger partial charge in [-0.25, -0.2) is 18.7 Å². The average molecular weight is 418 g/mol. The normalized spacial score (nSPS) is 13.4. The van der Waals surface area contributed by atoms with Crippen molar-refractivity contribution in [1.82, 2.24) is 14.9 Å². The second-order valence-corrected chi connectivity index (χ2v) is 7.04. The third kappa shape index (κ3) is 3.75. The van der Waals surface area contributed by atoms with Gasteiger partial charge in [-0.1, -0.05) is 23.7 Å². The zero-order chi connectivity index (χ0) is 20.5. The predicted molar refractivity (Wildman–Crippen MR) is 105 cm³/mol. The van der Waals surface area contributed by atoms with Crippen LogP contribution in [-0.2, 0) is 19.6 Å². The molecule has 0 saturated carbocycles. The van der Waals surface area contributed by atoms with Crippen molar-refractivity contribution < 1.29 is 18.3 Å². The molecule has 150 valence electrons. The Labute approximate surface area is 171 Å². The van der Waals surface area contributed by atoms with Gasteiger partial charge >= 0.3 is 0 Å². The van der Waals surface area contributed by atoms with Crippen LogP contribution in [0.25, 0.3) is 11.4 Å². The molecule has 2 heterocycles. The molecule has 4 rings (SSSR count). The van der Waals surface area contributed by atoms with E-state index in [1.54, 1.807) is 14.2 Å². The molecule has 1 aliphatic rings. The molecule has 0 atom stereocenters. The molecule has 3 aromatic rings. The summed E-state index contributed by atoms with van der Waals surface area (Å²) in [7, 11) is 3.21. The van der Waals surface area contributed by atoms with Gasteiger partial charge in [0.1, 0.15) is 28.3 Å². The Kier molecular flexibility index (Phi) is 5.34. The SMILES string of the molecule is COc1ccc(CN2Cc3nc(-c4c(F)cccc4F)nc(Cl)c3C2)c(OC)c1. The van der Waals surface area contributed by atoms with Gasteiger partial charge in [-0.3, -0.25) is 4.90 Å². The number of rotatable bonds is 5. The standard InChI is InChI=1S/C21H18ClF2N3O2/c1-28-13-7-6-12(18(8-13)29-2)9-27-10-14-17(11-27)25-21(26-20(14)22)19-15(23)4-3-5-16(19)24/h3-8H,9-11H2,1-2H3. The smallest absolute Gasteiger partial charge is 0.167 e. The summed E-state index contributed by atoms with van der Waals surface area (Å²) in [6.07, 6.45) is 0. The van der Waals surface area contributed by atoms with Gasteiger partial charge in [0.15, 0.2) is 5.82 Å². The number of methoxy groups -OCH3 is 2. The topological polar surface area (TPSA) is 47.5 Å². The zero-order valence-corrected chi connectivity index (χ0v) is 16.6. The third-order valence-corrected chi connectivity index (χ3v) is 5.18. The highest BCUT2D eigenvalue weighted by Gasteiger charge is 2.27. The molecule has 0 N–H and O–H groups in total. The molecule has 2 aromatic carbocycles. The van der Waals surface area contributed by atoms with E-state index in [-0.39, 0.29) is 16.5 Å². The number of hydrogen-bond acceptors (Lipinski definition) is 5. The lowest BCUT2D eigenvalue weighted by Crippen LogP contribution is -2.16. The molecule has 0 bridgehead atoms. The van der Waals surface area contributed by atoms with Crippen molar-refractivity contribution in [2.45, 2.75) is 19.6 Å². The minimum absolute atomic E-state index is 0.0479. The van der Waals surface area contributed by atoms with E-state index in [9.17, 15) is 8.78 Å². The van der Waals surface area contributed by atoms with Crippen LogP contribution in [0, 0.1) is 11.6 Å². The summed E-state index contributed by atoms with van der Waals surface area (Å²) >= 11 is 6.33. The van der Waals surface area contributed by atoms with Crippen molar-refractivity contribution in [3.8, 4) is 22.9 Å². The van der Waals surface area contributed by atoms with Crippen LogP contribution in [0.1, 0.15) is 16.8 Å². The quantitative estimate of drug-likeness (QED) is 0.567. The van der Waals surface area contributed by atoms with E-state index in [1.807, 2.05) is 18.2 Å². The summed E-state index contributed by atoms with van der Waals surface area (Å²) in [5.74, 6) is -0.0710. The van der Waals surface area contributed by atoms with E-state index in [2.05, 4.69) is 14.9 Å². The van der Waals surface area contributed by atoms with Crippen molar-refractivity contribution in [2.75, 3.05) is 14.2 Å². The summed E-state index contributed by atoms with van der Waals surface area (Å²) in [5, 5.41) is 0.205. The highest BCUT2D eigenvalue weighted by atomic mass is 35.5. The van der Waals surface area contributed by atoms with Crippen LogP contribution in [0.5, 0.6) is 11.5 Å². The molecule has 29 heavy (non-hydrogen) atoms. The van der Waals surface area contributed by atoms with Crippen LogP contribution < -0.4 is 9.47 Å². The van der Waals surface area contributed by atoms with Crippen molar-refractivity contribution in [3.63, 3.8) is 0 Å². The molecule has 0 saturated heterocycles. The number of benzene rings is 2. The van der Waals surface area contributed by atoms with Crippen LogP contribution in [0.2, 0.25) is 5.15 Å². The lowest BCUT2D eigenvalue weighted by Gasteiger charge is -2.17. The molecular formula is C21H18ClF2N3O2. The maximum atomic E-state index is 14.1. The van der Waals surface area contributed by atoms with Gasteiger partial charge in [0.2, 0.25) is 0 Å².